The fourth-order valence-corrected chi connectivity index (χ4v) is 5.38. The predicted molar refractivity (Wildman–Crippen MR) is 136 cm³/mol. The van der Waals surface area contributed by atoms with Crippen LogP contribution in [0.3, 0.4) is 0 Å². The first-order valence-corrected chi connectivity index (χ1v) is 12.8. The molecule has 1 aromatic heterocycles. The summed E-state index contributed by atoms with van der Waals surface area (Å²) in [7, 11) is 0. The number of benzene rings is 2. The molecule has 0 spiro atoms. The second kappa shape index (κ2) is 10.9. The zero-order chi connectivity index (χ0) is 24.0. The van der Waals surface area contributed by atoms with Crippen molar-refractivity contribution in [3.8, 4) is 5.75 Å². The van der Waals surface area contributed by atoms with Crippen LogP contribution in [0.4, 0.5) is 0 Å². The molecule has 2 amide bonds. The molecule has 0 bridgehead atoms. The standard InChI is InChI=1S/C29H33N3O3/c33-28-11-5-15-31(28)18-19-35-27-10-2-1-9-25(27)29(34)32-16-4-6-22(13-17-32)20-24-8-3-7-23-12-14-30-21-26(23)24/h1-3,7-10,12,14,21-22H,4-6,11,13,15-20H2. The molecule has 5 rings (SSSR count). The molecule has 2 aliphatic heterocycles. The van der Waals surface area contributed by atoms with E-state index >= 15 is 0 Å². The van der Waals surface area contributed by atoms with Gasteiger partial charge in [0.2, 0.25) is 5.91 Å². The van der Waals surface area contributed by atoms with Crippen molar-refractivity contribution in [2.24, 2.45) is 5.92 Å². The van der Waals surface area contributed by atoms with Gasteiger partial charge < -0.3 is 14.5 Å². The van der Waals surface area contributed by atoms with Crippen LogP contribution in [-0.4, -0.2) is 59.4 Å². The molecule has 2 saturated heterocycles. The number of para-hydroxylation sites is 1. The van der Waals surface area contributed by atoms with Crippen molar-refractivity contribution in [1.29, 1.82) is 0 Å². The molecule has 3 aromatic rings. The summed E-state index contributed by atoms with van der Waals surface area (Å²) in [4.78, 5) is 33.4. The van der Waals surface area contributed by atoms with E-state index in [0.717, 1.165) is 51.7 Å². The van der Waals surface area contributed by atoms with E-state index in [2.05, 4.69) is 29.2 Å². The molecule has 3 heterocycles. The minimum absolute atomic E-state index is 0.0351. The van der Waals surface area contributed by atoms with E-state index in [-0.39, 0.29) is 11.8 Å². The highest BCUT2D eigenvalue weighted by Crippen LogP contribution is 2.28. The monoisotopic (exact) mass is 471 g/mol. The SMILES string of the molecule is O=C1CCCN1CCOc1ccccc1C(=O)N1CCCC(Cc2cccc3ccncc23)CC1. The van der Waals surface area contributed by atoms with Gasteiger partial charge in [-0.05, 0) is 67.2 Å². The summed E-state index contributed by atoms with van der Waals surface area (Å²) in [5, 5.41) is 2.46. The Morgan fingerprint density at radius 2 is 1.91 bits per heavy atom. The zero-order valence-electron chi connectivity index (χ0n) is 20.2. The molecule has 0 N–H and O–H groups in total. The zero-order valence-corrected chi connectivity index (χ0v) is 20.2. The molecule has 35 heavy (non-hydrogen) atoms. The normalized spacial score (nSPS) is 18.6. The third kappa shape index (κ3) is 5.47. The van der Waals surface area contributed by atoms with Gasteiger partial charge in [-0.25, -0.2) is 0 Å². The third-order valence-electron chi connectivity index (χ3n) is 7.33. The molecule has 0 aliphatic carbocycles. The van der Waals surface area contributed by atoms with Crippen LogP contribution in [0.15, 0.2) is 60.9 Å². The van der Waals surface area contributed by atoms with Gasteiger partial charge in [0.25, 0.3) is 5.91 Å². The first-order valence-electron chi connectivity index (χ1n) is 12.8. The minimum atomic E-state index is 0.0351. The number of ether oxygens (including phenoxy) is 1. The molecule has 1 unspecified atom stereocenters. The van der Waals surface area contributed by atoms with Crippen LogP contribution in [-0.2, 0) is 11.2 Å². The molecular weight excluding hydrogens is 438 g/mol. The van der Waals surface area contributed by atoms with Gasteiger partial charge in [0.05, 0.1) is 12.1 Å². The van der Waals surface area contributed by atoms with Crippen molar-refractivity contribution in [2.45, 2.75) is 38.5 Å². The molecule has 1 atom stereocenters. The summed E-state index contributed by atoms with van der Waals surface area (Å²) in [6, 6.07) is 16.0. The maximum atomic E-state index is 13.5. The largest absolute Gasteiger partial charge is 0.491 e. The lowest BCUT2D eigenvalue weighted by Gasteiger charge is -2.23. The Labute approximate surface area is 206 Å². The fourth-order valence-electron chi connectivity index (χ4n) is 5.38. The topological polar surface area (TPSA) is 62.7 Å². The number of carbonyl (C=O) groups excluding carboxylic acids is 2. The highest BCUT2D eigenvalue weighted by molar-refractivity contribution is 5.97. The lowest BCUT2D eigenvalue weighted by molar-refractivity contribution is -0.128. The second-order valence-corrected chi connectivity index (χ2v) is 9.64. The first-order chi connectivity index (χ1) is 17.2. The summed E-state index contributed by atoms with van der Waals surface area (Å²) in [6.07, 6.45) is 9.47. The van der Waals surface area contributed by atoms with Crippen LogP contribution in [0.25, 0.3) is 10.8 Å². The molecule has 0 radical (unpaired) electrons. The summed E-state index contributed by atoms with van der Waals surface area (Å²) in [5.74, 6) is 1.38. The average molecular weight is 472 g/mol. The molecule has 6 nitrogen and oxygen atoms in total. The van der Waals surface area contributed by atoms with E-state index in [4.69, 9.17) is 4.74 Å². The Kier molecular flexibility index (Phi) is 7.26. The Hall–Kier alpha value is -3.41. The van der Waals surface area contributed by atoms with Crippen molar-refractivity contribution < 1.29 is 14.3 Å². The van der Waals surface area contributed by atoms with Crippen LogP contribution in [0.1, 0.15) is 48.0 Å². The van der Waals surface area contributed by atoms with E-state index in [0.29, 0.717) is 36.8 Å². The van der Waals surface area contributed by atoms with Gasteiger partial charge in [-0.3, -0.25) is 14.6 Å². The van der Waals surface area contributed by atoms with Crippen molar-refractivity contribution in [1.82, 2.24) is 14.8 Å². The van der Waals surface area contributed by atoms with Crippen molar-refractivity contribution in [3.63, 3.8) is 0 Å². The maximum absolute atomic E-state index is 13.5. The Morgan fingerprint density at radius 1 is 1.00 bits per heavy atom. The minimum Gasteiger partial charge on any atom is -0.491 e. The number of nitrogens with zero attached hydrogens (tertiary/aromatic N) is 3. The number of amides is 2. The number of carbonyl (C=O) groups is 2. The van der Waals surface area contributed by atoms with Gasteiger partial charge in [-0.2, -0.15) is 0 Å². The van der Waals surface area contributed by atoms with Crippen molar-refractivity contribution in [3.05, 3.63) is 72.1 Å². The van der Waals surface area contributed by atoms with E-state index in [1.54, 1.807) is 0 Å². The Morgan fingerprint density at radius 3 is 2.80 bits per heavy atom. The quantitative estimate of drug-likeness (QED) is 0.500. The van der Waals surface area contributed by atoms with Crippen molar-refractivity contribution >= 4 is 22.6 Å². The molecule has 2 aromatic carbocycles. The molecule has 2 fully saturated rings. The molecule has 0 saturated carbocycles. The van der Waals surface area contributed by atoms with Crippen LogP contribution < -0.4 is 4.74 Å². The lowest BCUT2D eigenvalue weighted by atomic mass is 9.91. The lowest BCUT2D eigenvalue weighted by Crippen LogP contribution is -2.33. The van der Waals surface area contributed by atoms with E-state index in [1.807, 2.05) is 46.5 Å². The van der Waals surface area contributed by atoms with Gasteiger partial charge in [-0.1, -0.05) is 30.3 Å². The summed E-state index contributed by atoms with van der Waals surface area (Å²) < 4.78 is 5.98. The van der Waals surface area contributed by atoms with Gasteiger partial charge >= 0.3 is 0 Å². The molecule has 6 heteroatoms. The van der Waals surface area contributed by atoms with Crippen LogP contribution >= 0.6 is 0 Å². The van der Waals surface area contributed by atoms with Gasteiger partial charge in [0.1, 0.15) is 12.4 Å². The van der Waals surface area contributed by atoms with Crippen LogP contribution in [0.5, 0.6) is 5.75 Å². The van der Waals surface area contributed by atoms with Crippen LogP contribution in [0.2, 0.25) is 0 Å². The first kappa shape index (κ1) is 23.3. The number of rotatable bonds is 7. The Balaban J connectivity index is 1.20. The summed E-state index contributed by atoms with van der Waals surface area (Å²) in [5.41, 5.74) is 1.95. The van der Waals surface area contributed by atoms with Gasteiger partial charge in [0.15, 0.2) is 0 Å². The van der Waals surface area contributed by atoms with Gasteiger partial charge in [0, 0.05) is 43.8 Å². The van der Waals surface area contributed by atoms with Crippen LogP contribution in [0, 0.1) is 5.92 Å². The number of aromatic nitrogens is 1. The molecule has 2 aliphatic rings. The third-order valence-corrected chi connectivity index (χ3v) is 7.33. The molecular formula is C29H33N3O3. The number of fused-ring (bicyclic) bond motifs is 1. The smallest absolute Gasteiger partial charge is 0.257 e. The molecule has 182 valence electrons. The van der Waals surface area contributed by atoms with E-state index < -0.39 is 0 Å². The Bertz CT molecular complexity index is 1190. The highest BCUT2D eigenvalue weighted by atomic mass is 16.5. The number of hydrogen-bond donors (Lipinski definition) is 0. The number of pyridine rings is 1. The van der Waals surface area contributed by atoms with Gasteiger partial charge in [-0.15, -0.1) is 0 Å². The number of likely N-dealkylation sites (tertiary alicyclic amines) is 2. The second-order valence-electron chi connectivity index (χ2n) is 9.64. The summed E-state index contributed by atoms with van der Waals surface area (Å²) >= 11 is 0. The fraction of sp³-hybridized carbons (Fsp3) is 0.414. The average Bonchev–Trinajstić information content (AvgIpc) is 3.15. The van der Waals surface area contributed by atoms with E-state index in [9.17, 15) is 9.59 Å². The highest BCUT2D eigenvalue weighted by Gasteiger charge is 2.25. The number of hydrogen-bond acceptors (Lipinski definition) is 4. The van der Waals surface area contributed by atoms with E-state index in [1.165, 1.54) is 16.3 Å². The maximum Gasteiger partial charge on any atom is 0.257 e. The summed E-state index contributed by atoms with van der Waals surface area (Å²) in [6.45, 7) is 3.29. The predicted octanol–water partition coefficient (Wildman–Crippen LogP) is 4.72. The van der Waals surface area contributed by atoms with Crippen molar-refractivity contribution in [2.75, 3.05) is 32.8 Å².